The van der Waals surface area contributed by atoms with Gasteiger partial charge in [0.05, 0.1) is 0 Å². The molecule has 0 radical (unpaired) electrons. The van der Waals surface area contributed by atoms with Gasteiger partial charge >= 0.3 is 0 Å². The van der Waals surface area contributed by atoms with Gasteiger partial charge in [-0.05, 0) is 0 Å². The fourth-order valence-corrected chi connectivity index (χ4v) is 0.684. The molecule has 0 unspecified atom stereocenters. The van der Waals surface area contributed by atoms with Gasteiger partial charge in [0.15, 0.2) is 0 Å². The first-order chi connectivity index (χ1) is 6.00. The predicted molar refractivity (Wildman–Crippen MR) is 50.6 cm³/mol. The van der Waals surface area contributed by atoms with Gasteiger partial charge in [-0.1, -0.05) is 0 Å². The van der Waals surface area contributed by atoms with Gasteiger partial charge in [-0.3, -0.25) is 0 Å². The van der Waals surface area contributed by atoms with E-state index in [0.29, 0.717) is 0 Å². The monoisotopic (exact) mass is 438 g/mol. The summed E-state index contributed by atoms with van der Waals surface area (Å²) in [5, 5.41) is 0. The quantitative estimate of drug-likeness (QED) is 0.551. The Bertz CT molecular complexity index is 184. The van der Waals surface area contributed by atoms with Crippen LogP contribution < -0.4 is 0 Å². The van der Waals surface area contributed by atoms with Gasteiger partial charge in [-0.15, -0.1) is 0 Å². The Balaban J connectivity index is 0. The SMILES string of the molecule is [Nd].[Nd].[c-]1ccccc1.[c-]1ccccc1. The van der Waals surface area contributed by atoms with Crippen molar-refractivity contribution in [3.63, 3.8) is 0 Å². The molecule has 0 aliphatic rings. The summed E-state index contributed by atoms with van der Waals surface area (Å²) in [6, 6.07) is 25.0. The molecule has 0 aromatic heterocycles. The molecule has 0 saturated heterocycles. The third-order valence-corrected chi connectivity index (χ3v) is 1.21. The van der Waals surface area contributed by atoms with E-state index >= 15 is 0 Å². The minimum atomic E-state index is 0. The molecule has 14 heavy (non-hydrogen) atoms. The molecule has 0 N–H and O–H groups in total. The molecule has 2 aromatic carbocycles. The summed E-state index contributed by atoms with van der Waals surface area (Å²) in [7, 11) is 0. The number of benzene rings is 2. The zero-order chi connectivity index (χ0) is 8.49. The van der Waals surface area contributed by atoms with E-state index in [0.717, 1.165) is 0 Å². The van der Waals surface area contributed by atoms with Crippen molar-refractivity contribution in [2.75, 3.05) is 0 Å². The normalized spacial score (nSPS) is 6.86. The van der Waals surface area contributed by atoms with E-state index in [4.69, 9.17) is 0 Å². The van der Waals surface area contributed by atoms with Gasteiger partial charge in [-0.25, -0.2) is 0 Å². The third-order valence-electron chi connectivity index (χ3n) is 1.21. The first kappa shape index (κ1) is 17.5. The largest absolute Gasteiger partial charge is 0.184 e. The predicted octanol–water partition coefficient (Wildman–Crippen LogP) is 2.97. The van der Waals surface area contributed by atoms with Crippen LogP contribution in [0.25, 0.3) is 0 Å². The molecular weight excluding hydrogens is 433 g/mol. The second kappa shape index (κ2) is 14.1. The van der Waals surface area contributed by atoms with Crippen molar-refractivity contribution < 1.29 is 81.7 Å². The minimum absolute atomic E-state index is 0. The molecule has 0 fully saturated rings. The Morgan fingerprint density at radius 1 is 0.429 bits per heavy atom. The molecular formula is C12H10Nd2-2. The number of rotatable bonds is 0. The van der Waals surface area contributed by atoms with Gasteiger partial charge in [0.2, 0.25) is 0 Å². The Hall–Kier alpha value is 1.14. The summed E-state index contributed by atoms with van der Waals surface area (Å²) in [5.41, 5.74) is 0. The summed E-state index contributed by atoms with van der Waals surface area (Å²) in [5.74, 6) is 0. The zero-order valence-corrected chi connectivity index (χ0v) is 14.2. The van der Waals surface area contributed by atoms with Crippen molar-refractivity contribution >= 4 is 0 Å². The van der Waals surface area contributed by atoms with Crippen molar-refractivity contribution in [1.82, 2.24) is 0 Å². The fraction of sp³-hybridized carbons (Fsp3) is 0. The van der Waals surface area contributed by atoms with E-state index in [1.807, 2.05) is 60.7 Å². The van der Waals surface area contributed by atoms with Crippen molar-refractivity contribution in [3.8, 4) is 0 Å². The summed E-state index contributed by atoms with van der Waals surface area (Å²) < 4.78 is 0. The van der Waals surface area contributed by atoms with Crippen LogP contribution in [0.1, 0.15) is 0 Å². The molecule has 2 aromatic rings. The molecule has 0 spiro atoms. The topological polar surface area (TPSA) is 0 Å². The van der Waals surface area contributed by atoms with Gasteiger partial charge in [-0.2, -0.15) is 72.8 Å². The molecule has 0 bridgehead atoms. The Morgan fingerprint density at radius 2 is 0.714 bits per heavy atom. The van der Waals surface area contributed by atoms with Crippen molar-refractivity contribution in [2.24, 2.45) is 0 Å². The Labute approximate surface area is 152 Å². The summed E-state index contributed by atoms with van der Waals surface area (Å²) >= 11 is 0. The van der Waals surface area contributed by atoms with Gasteiger partial charge in [0.25, 0.3) is 0 Å². The summed E-state index contributed by atoms with van der Waals surface area (Å²) in [6.45, 7) is 0. The second-order valence-corrected chi connectivity index (χ2v) is 2.15. The van der Waals surface area contributed by atoms with Crippen LogP contribution in [0.5, 0.6) is 0 Å². The van der Waals surface area contributed by atoms with Crippen molar-refractivity contribution in [1.29, 1.82) is 0 Å². The van der Waals surface area contributed by atoms with E-state index in [9.17, 15) is 0 Å². The summed E-state index contributed by atoms with van der Waals surface area (Å²) in [6.07, 6.45) is 0. The van der Waals surface area contributed by atoms with E-state index in [1.165, 1.54) is 0 Å². The fourth-order valence-electron chi connectivity index (χ4n) is 0.684. The van der Waals surface area contributed by atoms with Crippen molar-refractivity contribution in [3.05, 3.63) is 72.8 Å². The van der Waals surface area contributed by atoms with E-state index in [2.05, 4.69) is 12.1 Å². The van der Waals surface area contributed by atoms with Crippen LogP contribution in [-0.4, -0.2) is 0 Å². The smallest absolute Gasteiger partial charge is 0 e. The average Bonchev–Trinajstić information content (AvgIpc) is 2.24. The van der Waals surface area contributed by atoms with Crippen LogP contribution in [0, 0.1) is 93.8 Å². The number of hydrogen-bond donors (Lipinski definition) is 0. The minimum Gasteiger partial charge on any atom is -0.184 e. The third kappa shape index (κ3) is 11.2. The maximum absolute atomic E-state index is 2.89. The van der Waals surface area contributed by atoms with Gasteiger partial charge in [0.1, 0.15) is 0 Å². The number of hydrogen-bond acceptors (Lipinski definition) is 0. The second-order valence-electron chi connectivity index (χ2n) is 2.15. The maximum atomic E-state index is 2.89. The van der Waals surface area contributed by atoms with Crippen LogP contribution in [0.3, 0.4) is 0 Å². The molecule has 0 nitrogen and oxygen atoms in total. The molecule has 2 rings (SSSR count). The van der Waals surface area contributed by atoms with Crippen molar-refractivity contribution in [2.45, 2.75) is 0 Å². The maximum Gasteiger partial charge on any atom is 0 e. The molecule has 0 aliphatic carbocycles. The van der Waals surface area contributed by atoms with E-state index in [-0.39, 0.29) is 81.7 Å². The van der Waals surface area contributed by atoms with Crippen LogP contribution in [0.4, 0.5) is 0 Å². The molecule has 2 heteroatoms. The van der Waals surface area contributed by atoms with Gasteiger partial charge < -0.3 is 0 Å². The molecule has 0 atom stereocenters. The first-order valence-corrected chi connectivity index (χ1v) is 3.82. The molecule has 0 aliphatic heterocycles. The van der Waals surface area contributed by atoms with E-state index in [1.54, 1.807) is 0 Å². The van der Waals surface area contributed by atoms with Crippen LogP contribution in [0.2, 0.25) is 0 Å². The van der Waals surface area contributed by atoms with Gasteiger partial charge in [0, 0.05) is 81.7 Å². The van der Waals surface area contributed by atoms with E-state index < -0.39 is 0 Å². The molecule has 0 amide bonds. The summed E-state index contributed by atoms with van der Waals surface area (Å²) in [4.78, 5) is 0. The Kier molecular flexibility index (Phi) is 17.7. The molecule has 68 valence electrons. The average molecular weight is 443 g/mol. The zero-order valence-electron chi connectivity index (χ0n) is 7.77. The molecule has 0 heterocycles. The Morgan fingerprint density at radius 3 is 0.786 bits per heavy atom. The van der Waals surface area contributed by atoms with Crippen LogP contribution in [0.15, 0.2) is 60.7 Å². The first-order valence-electron chi connectivity index (χ1n) is 3.82. The standard InChI is InChI=1S/2C6H5.2Nd/c2*1-2-4-6-5-3-1;;/h2*1-5H;;/q2*-1;;. The van der Waals surface area contributed by atoms with Crippen LogP contribution in [-0.2, 0) is 0 Å². The molecule has 0 saturated carbocycles. The van der Waals surface area contributed by atoms with Crippen LogP contribution >= 0.6 is 0 Å².